The maximum atomic E-state index is 12.5. The van der Waals surface area contributed by atoms with Gasteiger partial charge in [-0.3, -0.25) is 14.4 Å². The molecule has 0 unspecified atom stereocenters. The second-order valence-corrected chi connectivity index (χ2v) is 8.00. The highest BCUT2D eigenvalue weighted by Gasteiger charge is 2.36. The van der Waals surface area contributed by atoms with Crippen LogP contribution in [0.2, 0.25) is 0 Å². The van der Waals surface area contributed by atoms with E-state index in [9.17, 15) is 19.2 Å². The van der Waals surface area contributed by atoms with E-state index in [1.165, 1.54) is 24.3 Å². The summed E-state index contributed by atoms with van der Waals surface area (Å²) in [7, 11) is 0. The van der Waals surface area contributed by atoms with Gasteiger partial charge in [-0.25, -0.2) is 4.79 Å². The summed E-state index contributed by atoms with van der Waals surface area (Å²) in [4.78, 5) is 51.1. The third kappa shape index (κ3) is 5.20. The molecule has 1 heterocycles. The van der Waals surface area contributed by atoms with Gasteiger partial charge in [-0.2, -0.15) is 0 Å². The molecule has 1 saturated heterocycles. The summed E-state index contributed by atoms with van der Waals surface area (Å²) in [6.07, 6.45) is 0.0445. The molecule has 4 rings (SSSR count). The number of Topliss-reactive ketones (excluding diaryl/α,β-unsaturated/α-hetero) is 1. The van der Waals surface area contributed by atoms with E-state index in [0.717, 1.165) is 11.3 Å². The molecule has 1 amide bonds. The molecule has 0 saturated carbocycles. The van der Waals surface area contributed by atoms with Gasteiger partial charge in [-0.1, -0.05) is 36.4 Å². The lowest BCUT2D eigenvalue weighted by molar-refractivity contribution is -0.147. The zero-order valence-electron chi connectivity index (χ0n) is 18.6. The van der Waals surface area contributed by atoms with Gasteiger partial charge in [0.15, 0.2) is 12.4 Å². The Morgan fingerprint density at radius 3 is 2.26 bits per heavy atom. The number of anilines is 1. The Balaban J connectivity index is 1.29. The lowest BCUT2D eigenvalue weighted by Gasteiger charge is -2.18. The topological polar surface area (TPSA) is 90.0 Å². The summed E-state index contributed by atoms with van der Waals surface area (Å²) in [5, 5.41) is 0. The van der Waals surface area contributed by atoms with Crippen LogP contribution in [-0.2, 0) is 14.3 Å². The second kappa shape index (κ2) is 10.1. The Hall–Kier alpha value is -4.26. The van der Waals surface area contributed by atoms with E-state index in [0.29, 0.717) is 16.9 Å². The van der Waals surface area contributed by atoms with E-state index < -0.39 is 30.2 Å². The summed E-state index contributed by atoms with van der Waals surface area (Å²) in [6, 6.07) is 22.1. The molecule has 0 aromatic heterocycles. The molecule has 7 nitrogen and oxygen atoms in total. The highest BCUT2D eigenvalue weighted by atomic mass is 16.5. The first kappa shape index (κ1) is 22.9. The van der Waals surface area contributed by atoms with Crippen LogP contribution in [0.4, 0.5) is 5.69 Å². The number of hydrogen-bond acceptors (Lipinski definition) is 6. The Bertz CT molecular complexity index is 1220. The Labute approximate surface area is 196 Å². The van der Waals surface area contributed by atoms with Crippen molar-refractivity contribution < 1.29 is 28.7 Å². The third-order valence-electron chi connectivity index (χ3n) is 5.61. The summed E-state index contributed by atoms with van der Waals surface area (Å²) in [5.74, 6) is -1.95. The van der Waals surface area contributed by atoms with Gasteiger partial charge in [-0.05, 0) is 55.0 Å². The summed E-state index contributed by atoms with van der Waals surface area (Å²) < 4.78 is 10.5. The molecule has 3 aromatic carbocycles. The minimum atomic E-state index is -0.625. The molecule has 34 heavy (non-hydrogen) atoms. The van der Waals surface area contributed by atoms with E-state index in [-0.39, 0.29) is 18.9 Å². The van der Waals surface area contributed by atoms with Gasteiger partial charge in [0.1, 0.15) is 5.75 Å². The van der Waals surface area contributed by atoms with Crippen LogP contribution in [0.25, 0.3) is 0 Å². The zero-order chi connectivity index (χ0) is 24.1. The van der Waals surface area contributed by atoms with Crippen LogP contribution < -0.4 is 9.64 Å². The van der Waals surface area contributed by atoms with Crippen molar-refractivity contribution in [3.8, 4) is 5.75 Å². The lowest BCUT2D eigenvalue weighted by Crippen LogP contribution is -2.27. The molecule has 0 spiro atoms. The average molecular weight is 457 g/mol. The van der Waals surface area contributed by atoms with Crippen LogP contribution >= 0.6 is 0 Å². The Morgan fingerprint density at radius 2 is 1.56 bits per heavy atom. The first-order chi connectivity index (χ1) is 16.4. The fourth-order valence-electron chi connectivity index (χ4n) is 3.75. The molecule has 1 fully saturated rings. The number of amides is 1. The summed E-state index contributed by atoms with van der Waals surface area (Å²) >= 11 is 0. The monoisotopic (exact) mass is 457 g/mol. The van der Waals surface area contributed by atoms with Gasteiger partial charge >= 0.3 is 11.9 Å². The second-order valence-electron chi connectivity index (χ2n) is 8.00. The van der Waals surface area contributed by atoms with Gasteiger partial charge in [0.2, 0.25) is 5.91 Å². The summed E-state index contributed by atoms with van der Waals surface area (Å²) in [6.45, 7) is 1.69. The van der Waals surface area contributed by atoms with Crippen molar-refractivity contribution in [1.29, 1.82) is 0 Å². The highest BCUT2D eigenvalue weighted by molar-refractivity contribution is 6.01. The van der Waals surface area contributed by atoms with Crippen molar-refractivity contribution in [1.82, 2.24) is 0 Å². The van der Waals surface area contributed by atoms with Crippen LogP contribution in [0.5, 0.6) is 5.75 Å². The fraction of sp³-hybridized carbons (Fsp3) is 0.185. The molecule has 1 aliphatic heterocycles. The molecule has 0 radical (unpaired) electrons. The summed E-state index contributed by atoms with van der Waals surface area (Å²) in [5.41, 5.74) is 2.45. The quantitative estimate of drug-likeness (QED) is 0.303. The van der Waals surface area contributed by atoms with Crippen LogP contribution in [-0.4, -0.2) is 36.8 Å². The van der Waals surface area contributed by atoms with E-state index in [4.69, 9.17) is 9.47 Å². The minimum absolute atomic E-state index is 0.0445. The molecule has 3 aromatic rings. The van der Waals surface area contributed by atoms with Crippen molar-refractivity contribution in [3.63, 3.8) is 0 Å². The predicted molar refractivity (Wildman–Crippen MR) is 125 cm³/mol. The smallest absolute Gasteiger partial charge is 0.343 e. The molecular weight excluding hydrogens is 434 g/mol. The predicted octanol–water partition coefficient (Wildman–Crippen LogP) is 3.99. The average Bonchev–Trinajstić information content (AvgIpc) is 3.25. The van der Waals surface area contributed by atoms with Crippen LogP contribution in [0, 0.1) is 12.8 Å². The minimum Gasteiger partial charge on any atom is -0.457 e. The zero-order valence-corrected chi connectivity index (χ0v) is 18.6. The SMILES string of the molecule is Cc1ccccc1N1C[C@H](C(=O)OCC(=O)c2ccc(OC(=O)c3ccccc3)cc2)CC1=O. The van der Waals surface area contributed by atoms with E-state index in [1.54, 1.807) is 35.2 Å². The van der Waals surface area contributed by atoms with Crippen LogP contribution in [0.1, 0.15) is 32.7 Å². The van der Waals surface area contributed by atoms with E-state index in [1.807, 2.05) is 31.2 Å². The molecule has 1 atom stereocenters. The third-order valence-corrected chi connectivity index (χ3v) is 5.61. The first-order valence-corrected chi connectivity index (χ1v) is 10.9. The van der Waals surface area contributed by atoms with Gasteiger partial charge in [0, 0.05) is 24.2 Å². The highest BCUT2D eigenvalue weighted by Crippen LogP contribution is 2.28. The number of esters is 2. The number of para-hydroxylation sites is 1. The lowest BCUT2D eigenvalue weighted by atomic mass is 10.1. The van der Waals surface area contributed by atoms with E-state index >= 15 is 0 Å². The van der Waals surface area contributed by atoms with E-state index in [2.05, 4.69) is 0 Å². The Morgan fingerprint density at radius 1 is 0.882 bits per heavy atom. The fourth-order valence-corrected chi connectivity index (χ4v) is 3.75. The molecular formula is C27H23NO6. The molecule has 0 aliphatic carbocycles. The van der Waals surface area contributed by atoms with Crippen molar-refractivity contribution in [2.24, 2.45) is 5.92 Å². The van der Waals surface area contributed by atoms with Gasteiger partial charge < -0.3 is 14.4 Å². The van der Waals surface area contributed by atoms with Crippen LogP contribution in [0.15, 0.2) is 78.9 Å². The number of ketones is 1. The van der Waals surface area contributed by atoms with Crippen molar-refractivity contribution in [3.05, 3.63) is 95.6 Å². The number of aryl methyl sites for hydroxylation is 1. The van der Waals surface area contributed by atoms with Crippen molar-refractivity contribution in [2.45, 2.75) is 13.3 Å². The maximum Gasteiger partial charge on any atom is 0.343 e. The number of benzene rings is 3. The Kier molecular flexibility index (Phi) is 6.82. The van der Waals surface area contributed by atoms with Crippen LogP contribution in [0.3, 0.4) is 0 Å². The number of nitrogens with zero attached hydrogens (tertiary/aromatic N) is 1. The molecule has 172 valence electrons. The normalized spacial score (nSPS) is 15.1. The molecule has 7 heteroatoms. The number of carbonyl (C=O) groups is 4. The molecule has 0 N–H and O–H groups in total. The standard InChI is InChI=1S/C27H23NO6/c1-18-7-5-6-10-23(18)28-16-21(15-25(28)30)26(31)33-17-24(29)19-11-13-22(14-12-19)34-27(32)20-8-3-2-4-9-20/h2-14,21H,15-17H2,1H3/t21-/m1/s1. The first-order valence-electron chi connectivity index (χ1n) is 10.9. The van der Waals surface area contributed by atoms with Gasteiger partial charge in [0.25, 0.3) is 0 Å². The number of ether oxygens (including phenoxy) is 2. The number of hydrogen-bond donors (Lipinski definition) is 0. The largest absolute Gasteiger partial charge is 0.457 e. The van der Waals surface area contributed by atoms with Gasteiger partial charge in [-0.15, -0.1) is 0 Å². The van der Waals surface area contributed by atoms with Crippen molar-refractivity contribution in [2.75, 3.05) is 18.1 Å². The number of rotatable bonds is 7. The molecule has 1 aliphatic rings. The molecule has 0 bridgehead atoms. The van der Waals surface area contributed by atoms with Crippen molar-refractivity contribution >= 4 is 29.3 Å². The maximum absolute atomic E-state index is 12.5. The van der Waals surface area contributed by atoms with Gasteiger partial charge in [0.05, 0.1) is 11.5 Å². The number of carbonyl (C=O) groups excluding carboxylic acids is 4.